The first-order valence-corrected chi connectivity index (χ1v) is 5.76. The lowest BCUT2D eigenvalue weighted by molar-refractivity contribution is -0.387. The number of hydrogen-bond donors (Lipinski definition) is 1. The van der Waals surface area contributed by atoms with Gasteiger partial charge in [0.2, 0.25) is 5.82 Å². The maximum absolute atomic E-state index is 13.5. The summed E-state index contributed by atoms with van der Waals surface area (Å²) in [6, 6.07) is 3.99. The highest BCUT2D eigenvalue weighted by Crippen LogP contribution is 2.35. The van der Waals surface area contributed by atoms with E-state index in [1.807, 2.05) is 0 Å². The van der Waals surface area contributed by atoms with Gasteiger partial charge in [-0.1, -0.05) is 25.3 Å². The van der Waals surface area contributed by atoms with Crippen LogP contribution in [-0.2, 0) is 5.54 Å². The van der Waals surface area contributed by atoms with Gasteiger partial charge in [0.05, 0.1) is 4.92 Å². The van der Waals surface area contributed by atoms with Gasteiger partial charge in [-0.3, -0.25) is 10.1 Å². The van der Waals surface area contributed by atoms with Crippen LogP contribution in [0.5, 0.6) is 0 Å². The molecule has 0 atom stereocenters. The predicted octanol–water partition coefficient (Wildman–Crippen LogP) is 2.85. The fourth-order valence-electron chi connectivity index (χ4n) is 2.44. The molecular formula is C12H15FN2O2. The first kappa shape index (κ1) is 12.0. The summed E-state index contributed by atoms with van der Waals surface area (Å²) < 4.78 is 13.5. The molecule has 0 heterocycles. The van der Waals surface area contributed by atoms with Crippen molar-refractivity contribution in [2.75, 3.05) is 0 Å². The molecule has 0 aliphatic heterocycles. The largest absolute Gasteiger partial charge is 0.321 e. The van der Waals surface area contributed by atoms with Crippen LogP contribution in [0.2, 0.25) is 0 Å². The van der Waals surface area contributed by atoms with Crippen molar-refractivity contribution < 1.29 is 9.31 Å². The van der Waals surface area contributed by atoms with Crippen molar-refractivity contribution in [1.29, 1.82) is 0 Å². The second-order valence-electron chi connectivity index (χ2n) is 4.64. The lowest BCUT2D eigenvalue weighted by Crippen LogP contribution is -2.38. The maximum Gasteiger partial charge on any atom is 0.304 e. The number of nitrogens with two attached hydrogens (primary N) is 1. The average molecular weight is 238 g/mol. The van der Waals surface area contributed by atoms with Gasteiger partial charge in [-0.25, -0.2) is 0 Å². The Kier molecular flexibility index (Phi) is 3.11. The highest BCUT2D eigenvalue weighted by Gasteiger charge is 2.30. The third kappa shape index (κ3) is 2.29. The molecule has 2 rings (SSSR count). The second-order valence-corrected chi connectivity index (χ2v) is 4.64. The Balaban J connectivity index is 2.33. The minimum atomic E-state index is -0.803. The van der Waals surface area contributed by atoms with Crippen molar-refractivity contribution in [1.82, 2.24) is 0 Å². The molecule has 17 heavy (non-hydrogen) atoms. The zero-order valence-electron chi connectivity index (χ0n) is 9.49. The molecule has 1 fully saturated rings. The summed E-state index contributed by atoms with van der Waals surface area (Å²) >= 11 is 0. The molecule has 1 saturated carbocycles. The quantitative estimate of drug-likeness (QED) is 0.636. The summed E-state index contributed by atoms with van der Waals surface area (Å²) in [5.41, 5.74) is 5.89. The number of nitrogens with zero attached hydrogens (tertiary/aromatic N) is 1. The molecule has 0 radical (unpaired) electrons. The van der Waals surface area contributed by atoms with Crippen molar-refractivity contribution >= 4 is 5.69 Å². The molecule has 1 aliphatic rings. The Bertz CT molecular complexity index is 442. The molecule has 0 aromatic heterocycles. The molecule has 0 saturated heterocycles. The van der Waals surface area contributed by atoms with E-state index in [0.717, 1.165) is 32.1 Å². The number of nitro benzene ring substituents is 1. The summed E-state index contributed by atoms with van der Waals surface area (Å²) in [5, 5.41) is 10.5. The standard InChI is InChI=1S/C12H15FN2O2/c13-10-8-9(4-5-11(10)15(16)17)12(14)6-2-1-3-7-12/h4-5,8H,1-3,6-7,14H2. The molecule has 92 valence electrons. The number of hydrogen-bond acceptors (Lipinski definition) is 3. The van der Waals surface area contributed by atoms with Crippen LogP contribution in [0, 0.1) is 15.9 Å². The van der Waals surface area contributed by atoms with E-state index in [-0.39, 0.29) is 0 Å². The van der Waals surface area contributed by atoms with E-state index in [0.29, 0.717) is 5.56 Å². The van der Waals surface area contributed by atoms with E-state index in [1.165, 1.54) is 12.1 Å². The Labute approximate surface area is 98.8 Å². The van der Waals surface area contributed by atoms with Crippen LogP contribution in [0.1, 0.15) is 37.7 Å². The van der Waals surface area contributed by atoms with Crippen LogP contribution in [0.3, 0.4) is 0 Å². The molecule has 0 bridgehead atoms. The van der Waals surface area contributed by atoms with E-state index in [2.05, 4.69) is 0 Å². The van der Waals surface area contributed by atoms with Crippen LogP contribution in [-0.4, -0.2) is 4.92 Å². The van der Waals surface area contributed by atoms with Gasteiger partial charge >= 0.3 is 5.69 Å². The zero-order chi connectivity index (χ0) is 12.5. The molecule has 4 nitrogen and oxygen atoms in total. The van der Waals surface area contributed by atoms with E-state index in [1.54, 1.807) is 6.07 Å². The molecule has 1 aromatic rings. The highest BCUT2D eigenvalue weighted by molar-refractivity contribution is 5.38. The van der Waals surface area contributed by atoms with Gasteiger partial charge in [0.25, 0.3) is 0 Å². The normalized spacial score (nSPS) is 18.9. The van der Waals surface area contributed by atoms with Crippen molar-refractivity contribution in [3.05, 3.63) is 39.7 Å². The summed E-state index contributed by atoms with van der Waals surface area (Å²) in [6.07, 6.45) is 4.81. The molecular weight excluding hydrogens is 223 g/mol. The molecule has 1 aliphatic carbocycles. The van der Waals surface area contributed by atoms with Gasteiger partial charge in [-0.05, 0) is 24.5 Å². The minimum absolute atomic E-state index is 0.492. The maximum atomic E-state index is 13.5. The third-order valence-corrected chi connectivity index (χ3v) is 3.47. The first-order valence-electron chi connectivity index (χ1n) is 5.76. The van der Waals surface area contributed by atoms with Gasteiger partial charge in [-0.2, -0.15) is 4.39 Å². The van der Waals surface area contributed by atoms with Crippen LogP contribution >= 0.6 is 0 Å². The average Bonchev–Trinajstić information content (AvgIpc) is 2.29. The van der Waals surface area contributed by atoms with Crippen molar-refractivity contribution in [3.63, 3.8) is 0 Å². The Morgan fingerprint density at radius 3 is 2.47 bits per heavy atom. The van der Waals surface area contributed by atoms with E-state index in [9.17, 15) is 14.5 Å². The van der Waals surface area contributed by atoms with Gasteiger partial charge in [0.15, 0.2) is 0 Å². The van der Waals surface area contributed by atoms with Gasteiger partial charge in [-0.15, -0.1) is 0 Å². The Morgan fingerprint density at radius 1 is 1.29 bits per heavy atom. The van der Waals surface area contributed by atoms with E-state index in [4.69, 9.17) is 5.73 Å². The monoisotopic (exact) mass is 238 g/mol. The SMILES string of the molecule is NC1(c2ccc([N+](=O)[O-])c(F)c2)CCCCC1. The predicted molar refractivity (Wildman–Crippen MR) is 62.0 cm³/mol. The topological polar surface area (TPSA) is 69.2 Å². The van der Waals surface area contributed by atoms with Crippen LogP contribution < -0.4 is 5.73 Å². The van der Waals surface area contributed by atoms with Crippen molar-refractivity contribution in [2.24, 2.45) is 5.73 Å². The Hall–Kier alpha value is -1.49. The second kappa shape index (κ2) is 4.41. The molecule has 0 unspecified atom stereocenters. The molecule has 0 amide bonds. The fourth-order valence-corrected chi connectivity index (χ4v) is 2.44. The lowest BCUT2D eigenvalue weighted by atomic mass is 9.77. The summed E-state index contributed by atoms with van der Waals surface area (Å²) in [5.74, 6) is -0.803. The fraction of sp³-hybridized carbons (Fsp3) is 0.500. The number of rotatable bonds is 2. The van der Waals surface area contributed by atoms with Gasteiger partial charge in [0.1, 0.15) is 0 Å². The zero-order valence-corrected chi connectivity index (χ0v) is 9.49. The molecule has 1 aromatic carbocycles. The van der Waals surface area contributed by atoms with Crippen LogP contribution in [0.15, 0.2) is 18.2 Å². The van der Waals surface area contributed by atoms with Crippen molar-refractivity contribution in [2.45, 2.75) is 37.6 Å². The lowest BCUT2D eigenvalue weighted by Gasteiger charge is -2.33. The highest BCUT2D eigenvalue weighted by atomic mass is 19.1. The molecule has 5 heteroatoms. The van der Waals surface area contributed by atoms with Gasteiger partial charge < -0.3 is 5.73 Å². The molecule has 0 spiro atoms. The smallest absolute Gasteiger partial charge is 0.304 e. The van der Waals surface area contributed by atoms with E-state index < -0.39 is 22.0 Å². The number of nitro groups is 1. The van der Waals surface area contributed by atoms with Crippen LogP contribution in [0.4, 0.5) is 10.1 Å². The third-order valence-electron chi connectivity index (χ3n) is 3.47. The Morgan fingerprint density at radius 2 is 1.94 bits per heavy atom. The van der Waals surface area contributed by atoms with Crippen molar-refractivity contribution in [3.8, 4) is 0 Å². The van der Waals surface area contributed by atoms with Crippen LogP contribution in [0.25, 0.3) is 0 Å². The number of halogens is 1. The summed E-state index contributed by atoms with van der Waals surface area (Å²) in [7, 11) is 0. The molecule has 2 N–H and O–H groups in total. The first-order chi connectivity index (χ1) is 8.03. The summed E-state index contributed by atoms with van der Waals surface area (Å²) in [6.45, 7) is 0. The van der Waals surface area contributed by atoms with E-state index >= 15 is 0 Å². The number of benzene rings is 1. The van der Waals surface area contributed by atoms with Gasteiger partial charge in [0, 0.05) is 11.6 Å². The summed E-state index contributed by atoms with van der Waals surface area (Å²) in [4.78, 5) is 9.80. The minimum Gasteiger partial charge on any atom is -0.321 e.